The van der Waals surface area contributed by atoms with Crippen LogP contribution in [0.5, 0.6) is 5.75 Å². The van der Waals surface area contributed by atoms with E-state index < -0.39 is 0 Å². The van der Waals surface area contributed by atoms with Gasteiger partial charge in [0.2, 0.25) is 5.91 Å². The number of hydrogen-bond donors (Lipinski definition) is 1. The molecule has 0 aliphatic heterocycles. The maximum absolute atomic E-state index is 12.2. The van der Waals surface area contributed by atoms with Gasteiger partial charge >= 0.3 is 0 Å². The molecule has 28 heavy (non-hydrogen) atoms. The van der Waals surface area contributed by atoms with Crippen LogP contribution in [0.4, 0.5) is 5.69 Å². The maximum Gasteiger partial charge on any atom is 0.234 e. The molecule has 146 valence electrons. The molecule has 0 spiro atoms. The van der Waals surface area contributed by atoms with Crippen LogP contribution >= 0.6 is 23.3 Å². The lowest BCUT2D eigenvalue weighted by molar-refractivity contribution is -0.113. The fourth-order valence-corrected chi connectivity index (χ4v) is 4.00. The summed E-state index contributed by atoms with van der Waals surface area (Å²) >= 11 is 2.70. The van der Waals surface area contributed by atoms with Crippen LogP contribution in [0.15, 0.2) is 52.9 Å². The molecule has 0 saturated heterocycles. The Kier molecular flexibility index (Phi) is 7.45. The molecule has 7 heteroatoms. The number of methoxy groups -OCH3 is 1. The van der Waals surface area contributed by atoms with Crippen molar-refractivity contribution in [3.8, 4) is 17.1 Å². The lowest BCUT2D eigenvalue weighted by Gasteiger charge is -2.06. The summed E-state index contributed by atoms with van der Waals surface area (Å²) in [5, 5.41) is 2.93. The number of hydrogen-bond acceptors (Lipinski definition) is 6. The van der Waals surface area contributed by atoms with Crippen LogP contribution in [0.25, 0.3) is 11.4 Å². The van der Waals surface area contributed by atoms with Gasteiger partial charge in [-0.15, -0.1) is 0 Å². The first-order chi connectivity index (χ1) is 13.7. The smallest absolute Gasteiger partial charge is 0.234 e. The molecule has 0 atom stereocenters. The second-order valence-electron chi connectivity index (χ2n) is 6.25. The third-order valence-electron chi connectivity index (χ3n) is 4.14. The topological polar surface area (TPSA) is 64.1 Å². The summed E-state index contributed by atoms with van der Waals surface area (Å²) in [6.45, 7) is 2.18. The van der Waals surface area contributed by atoms with Gasteiger partial charge in [-0.3, -0.25) is 4.79 Å². The Balaban J connectivity index is 1.50. The number of unbranched alkanes of at least 4 members (excludes halogenated alkanes) is 1. The number of amides is 1. The van der Waals surface area contributed by atoms with Crippen LogP contribution in [-0.2, 0) is 11.2 Å². The van der Waals surface area contributed by atoms with Gasteiger partial charge in [0.15, 0.2) is 10.2 Å². The Morgan fingerprint density at radius 2 is 1.89 bits per heavy atom. The highest BCUT2D eigenvalue weighted by atomic mass is 32.2. The average Bonchev–Trinajstić information content (AvgIpc) is 3.21. The number of aromatic nitrogens is 2. The van der Waals surface area contributed by atoms with E-state index in [1.807, 2.05) is 36.4 Å². The van der Waals surface area contributed by atoms with E-state index >= 15 is 0 Å². The predicted molar refractivity (Wildman–Crippen MR) is 116 cm³/mol. The quantitative estimate of drug-likeness (QED) is 0.483. The Bertz CT molecular complexity index is 893. The zero-order valence-corrected chi connectivity index (χ0v) is 17.6. The van der Waals surface area contributed by atoms with E-state index in [1.165, 1.54) is 41.7 Å². The summed E-state index contributed by atoms with van der Waals surface area (Å²) in [4.78, 5) is 16.7. The Labute approximate surface area is 173 Å². The standard InChI is InChI=1S/C21H23N3O2S2/c1-3-4-5-15-6-10-17(11-7-15)22-19(25)14-27-21-23-20(24-28-21)16-8-12-18(26-2)13-9-16/h6-13H,3-5,14H2,1-2H3,(H,22,25). The first-order valence-electron chi connectivity index (χ1n) is 9.17. The molecule has 0 aliphatic rings. The number of rotatable bonds is 9. The van der Waals surface area contributed by atoms with Crippen LogP contribution in [0.1, 0.15) is 25.3 Å². The van der Waals surface area contributed by atoms with Crippen LogP contribution in [0.2, 0.25) is 0 Å². The van der Waals surface area contributed by atoms with E-state index in [2.05, 4.69) is 33.7 Å². The zero-order valence-electron chi connectivity index (χ0n) is 16.0. The number of nitrogens with one attached hydrogen (secondary N) is 1. The highest BCUT2D eigenvalue weighted by Gasteiger charge is 2.10. The van der Waals surface area contributed by atoms with E-state index in [-0.39, 0.29) is 5.91 Å². The van der Waals surface area contributed by atoms with Crippen molar-refractivity contribution in [2.45, 2.75) is 30.5 Å². The van der Waals surface area contributed by atoms with E-state index in [4.69, 9.17) is 4.74 Å². The number of nitrogens with zero attached hydrogens (tertiary/aromatic N) is 2. The van der Waals surface area contributed by atoms with Crippen molar-refractivity contribution >= 4 is 34.9 Å². The first-order valence-corrected chi connectivity index (χ1v) is 10.9. The molecule has 0 saturated carbocycles. The van der Waals surface area contributed by atoms with Gasteiger partial charge in [-0.1, -0.05) is 37.2 Å². The van der Waals surface area contributed by atoms with E-state index in [0.29, 0.717) is 11.6 Å². The minimum absolute atomic E-state index is 0.0486. The number of thioether (sulfide) groups is 1. The summed E-state index contributed by atoms with van der Waals surface area (Å²) in [5.74, 6) is 1.71. The van der Waals surface area contributed by atoms with Gasteiger partial charge in [0, 0.05) is 11.3 Å². The molecular formula is C21H23N3O2S2. The third kappa shape index (κ3) is 5.81. The van der Waals surface area contributed by atoms with Crippen molar-refractivity contribution < 1.29 is 9.53 Å². The molecule has 1 aromatic heterocycles. The number of anilines is 1. The Hall–Kier alpha value is -2.38. The third-order valence-corrected chi connectivity index (χ3v) is 5.97. The molecule has 3 rings (SSSR count). The monoisotopic (exact) mass is 413 g/mol. The van der Waals surface area contributed by atoms with Crippen molar-refractivity contribution in [3.05, 3.63) is 54.1 Å². The highest BCUT2D eigenvalue weighted by molar-refractivity contribution is 8.01. The van der Waals surface area contributed by atoms with Crippen molar-refractivity contribution in [3.63, 3.8) is 0 Å². The van der Waals surface area contributed by atoms with Crippen LogP contribution in [-0.4, -0.2) is 28.1 Å². The summed E-state index contributed by atoms with van der Waals surface area (Å²) < 4.78 is 10.3. The van der Waals surface area contributed by atoms with Crippen LogP contribution in [0, 0.1) is 0 Å². The number of ether oxygens (including phenoxy) is 1. The summed E-state index contributed by atoms with van der Waals surface area (Å²) in [6, 6.07) is 15.7. The van der Waals surface area contributed by atoms with Gasteiger partial charge in [-0.25, -0.2) is 4.98 Å². The minimum Gasteiger partial charge on any atom is -0.497 e. The van der Waals surface area contributed by atoms with Crippen molar-refractivity contribution in [2.75, 3.05) is 18.2 Å². The van der Waals surface area contributed by atoms with Gasteiger partial charge < -0.3 is 10.1 Å². The Morgan fingerprint density at radius 1 is 1.14 bits per heavy atom. The van der Waals surface area contributed by atoms with Crippen molar-refractivity contribution in [2.24, 2.45) is 0 Å². The van der Waals surface area contributed by atoms with Gasteiger partial charge in [-0.05, 0) is 66.3 Å². The molecule has 0 unspecified atom stereocenters. The molecule has 0 radical (unpaired) electrons. The highest BCUT2D eigenvalue weighted by Crippen LogP contribution is 2.26. The van der Waals surface area contributed by atoms with Gasteiger partial charge in [0.05, 0.1) is 12.9 Å². The summed E-state index contributed by atoms with van der Waals surface area (Å²) in [6.07, 6.45) is 3.44. The van der Waals surface area contributed by atoms with Crippen LogP contribution in [0.3, 0.4) is 0 Å². The molecule has 1 heterocycles. The fraction of sp³-hybridized carbons (Fsp3) is 0.286. The number of carbonyl (C=O) groups excluding carboxylic acids is 1. The molecule has 0 aliphatic carbocycles. The summed E-state index contributed by atoms with van der Waals surface area (Å²) in [5.41, 5.74) is 3.05. The van der Waals surface area contributed by atoms with Crippen molar-refractivity contribution in [1.82, 2.24) is 9.36 Å². The summed E-state index contributed by atoms with van der Waals surface area (Å²) in [7, 11) is 1.64. The normalized spacial score (nSPS) is 10.6. The average molecular weight is 414 g/mol. The molecule has 3 aromatic rings. The predicted octanol–water partition coefficient (Wildman–Crippen LogP) is 5.29. The second kappa shape index (κ2) is 10.2. The number of aryl methyl sites for hydroxylation is 1. The van der Waals surface area contributed by atoms with Gasteiger partial charge in [-0.2, -0.15) is 4.37 Å². The molecular weight excluding hydrogens is 390 g/mol. The van der Waals surface area contributed by atoms with Gasteiger partial charge in [0.1, 0.15) is 5.75 Å². The number of carbonyl (C=O) groups is 1. The second-order valence-corrected chi connectivity index (χ2v) is 8.22. The largest absolute Gasteiger partial charge is 0.497 e. The molecule has 1 N–H and O–H groups in total. The first kappa shape index (κ1) is 20.4. The van der Waals surface area contributed by atoms with E-state index in [0.717, 1.165) is 27.8 Å². The molecule has 1 amide bonds. The number of benzene rings is 2. The van der Waals surface area contributed by atoms with Crippen molar-refractivity contribution in [1.29, 1.82) is 0 Å². The fourth-order valence-electron chi connectivity index (χ4n) is 2.59. The maximum atomic E-state index is 12.2. The molecule has 2 aromatic carbocycles. The molecule has 0 bridgehead atoms. The SMILES string of the molecule is CCCCc1ccc(NC(=O)CSc2nc(-c3ccc(OC)cc3)ns2)cc1. The van der Waals surface area contributed by atoms with Crippen LogP contribution < -0.4 is 10.1 Å². The Morgan fingerprint density at radius 3 is 2.57 bits per heavy atom. The molecule has 5 nitrogen and oxygen atoms in total. The van der Waals surface area contributed by atoms with E-state index in [1.54, 1.807) is 7.11 Å². The molecule has 0 fully saturated rings. The lowest BCUT2D eigenvalue weighted by atomic mass is 10.1. The van der Waals surface area contributed by atoms with Gasteiger partial charge in [0.25, 0.3) is 0 Å². The van der Waals surface area contributed by atoms with E-state index in [9.17, 15) is 4.79 Å². The zero-order chi connectivity index (χ0) is 19.8. The minimum atomic E-state index is -0.0486. The lowest BCUT2D eigenvalue weighted by Crippen LogP contribution is -2.13.